The van der Waals surface area contributed by atoms with Gasteiger partial charge in [-0.2, -0.15) is 4.99 Å². The van der Waals surface area contributed by atoms with Crippen molar-refractivity contribution in [3.05, 3.63) is 82.2 Å². The summed E-state index contributed by atoms with van der Waals surface area (Å²) in [5.41, 5.74) is 0.513. The minimum atomic E-state index is -0.680. The quantitative estimate of drug-likeness (QED) is 0.261. The number of carbonyl (C=O) groups is 2. The van der Waals surface area contributed by atoms with Gasteiger partial charge < -0.3 is 18.8 Å². The summed E-state index contributed by atoms with van der Waals surface area (Å²) in [4.78, 5) is 48.6. The average molecular weight is 517 g/mol. The summed E-state index contributed by atoms with van der Waals surface area (Å²) in [5, 5.41) is 0.216. The molecule has 0 saturated carbocycles. The smallest absolute Gasteiger partial charge is 0.341 e. The Morgan fingerprint density at radius 2 is 1.97 bits per heavy atom. The molecule has 0 radical (unpaired) electrons. The average Bonchev–Trinajstić information content (AvgIpc) is 3.44. The number of carbonyl (C=O) groups excluding carboxylic acids is 2. The second kappa shape index (κ2) is 11.4. The maximum absolute atomic E-state index is 13.4. The summed E-state index contributed by atoms with van der Waals surface area (Å²) < 4.78 is 19.8. The number of amides is 1. The lowest BCUT2D eigenvalue weighted by molar-refractivity contribution is -0.118. The van der Waals surface area contributed by atoms with Crippen LogP contribution in [0.1, 0.15) is 36.5 Å². The van der Waals surface area contributed by atoms with E-state index >= 15 is 0 Å². The van der Waals surface area contributed by atoms with Gasteiger partial charge in [0.1, 0.15) is 22.6 Å². The van der Waals surface area contributed by atoms with Gasteiger partial charge in [0.25, 0.3) is 11.5 Å². The molecule has 1 amide bonds. The Morgan fingerprint density at radius 3 is 2.74 bits per heavy atom. The fraction of sp³-hybridized carbons (Fsp3) is 0.321. The van der Waals surface area contributed by atoms with Gasteiger partial charge in [-0.25, -0.2) is 9.78 Å². The lowest BCUT2D eigenvalue weighted by Crippen LogP contribution is -2.35. The summed E-state index contributed by atoms with van der Waals surface area (Å²) in [6, 6.07) is 15.8. The second-order valence-electron chi connectivity index (χ2n) is 8.85. The van der Waals surface area contributed by atoms with E-state index in [1.165, 1.54) is 10.5 Å². The monoisotopic (exact) mass is 516 g/mol. The van der Waals surface area contributed by atoms with Crippen molar-refractivity contribution < 1.29 is 23.8 Å². The molecule has 0 N–H and O–H groups in total. The van der Waals surface area contributed by atoms with Crippen molar-refractivity contribution in [3.8, 4) is 5.75 Å². The van der Waals surface area contributed by atoms with E-state index in [1.807, 2.05) is 18.2 Å². The molecule has 196 valence electrons. The van der Waals surface area contributed by atoms with Gasteiger partial charge in [-0.05, 0) is 50.1 Å². The Labute approximate surface area is 218 Å². The van der Waals surface area contributed by atoms with Crippen LogP contribution in [0, 0.1) is 0 Å². The number of pyridine rings is 2. The highest BCUT2D eigenvalue weighted by atomic mass is 16.5. The van der Waals surface area contributed by atoms with Crippen molar-refractivity contribution in [1.82, 2.24) is 14.0 Å². The lowest BCUT2D eigenvalue weighted by Gasteiger charge is -2.18. The van der Waals surface area contributed by atoms with Gasteiger partial charge in [-0.3, -0.25) is 14.0 Å². The number of nitrogens with zero attached hydrogens (tertiary/aromatic N) is 4. The van der Waals surface area contributed by atoms with Gasteiger partial charge in [0.05, 0.1) is 37.7 Å². The van der Waals surface area contributed by atoms with Crippen LogP contribution in [0.2, 0.25) is 0 Å². The van der Waals surface area contributed by atoms with E-state index in [1.54, 1.807) is 48.0 Å². The predicted molar refractivity (Wildman–Crippen MR) is 139 cm³/mol. The summed E-state index contributed by atoms with van der Waals surface area (Å²) in [6.07, 6.45) is 3.11. The fourth-order valence-electron chi connectivity index (χ4n) is 4.47. The first-order chi connectivity index (χ1) is 18.5. The van der Waals surface area contributed by atoms with Crippen LogP contribution in [0.4, 0.5) is 0 Å². The van der Waals surface area contributed by atoms with Gasteiger partial charge in [-0.15, -0.1) is 0 Å². The van der Waals surface area contributed by atoms with E-state index in [4.69, 9.17) is 19.2 Å². The Hall–Kier alpha value is -4.31. The van der Waals surface area contributed by atoms with Crippen LogP contribution in [0.3, 0.4) is 0 Å². The van der Waals surface area contributed by atoms with Crippen molar-refractivity contribution in [2.75, 3.05) is 19.8 Å². The Balaban J connectivity index is 1.65. The molecule has 1 fully saturated rings. The number of esters is 1. The number of hydrogen-bond donors (Lipinski definition) is 0. The third kappa shape index (κ3) is 5.35. The molecular weight excluding hydrogens is 488 g/mol. The molecule has 4 aromatic rings. The third-order valence-electron chi connectivity index (χ3n) is 6.25. The van der Waals surface area contributed by atoms with Crippen LogP contribution in [-0.4, -0.2) is 51.8 Å². The van der Waals surface area contributed by atoms with E-state index in [0.29, 0.717) is 23.7 Å². The van der Waals surface area contributed by atoms with Crippen molar-refractivity contribution >= 4 is 28.6 Å². The molecule has 0 bridgehead atoms. The van der Waals surface area contributed by atoms with Crippen molar-refractivity contribution in [1.29, 1.82) is 0 Å². The Bertz CT molecular complexity index is 1600. The van der Waals surface area contributed by atoms with Crippen LogP contribution in [0.15, 0.2) is 70.6 Å². The van der Waals surface area contributed by atoms with Crippen LogP contribution in [-0.2, 0) is 20.8 Å². The molecule has 1 atom stereocenters. The van der Waals surface area contributed by atoms with Gasteiger partial charge in [-0.1, -0.05) is 24.3 Å². The first-order valence-corrected chi connectivity index (χ1v) is 12.6. The molecule has 1 saturated heterocycles. The minimum Gasteiger partial charge on any atom is -0.493 e. The number of rotatable bonds is 8. The van der Waals surface area contributed by atoms with E-state index < -0.39 is 11.9 Å². The van der Waals surface area contributed by atoms with Crippen molar-refractivity contribution in [3.63, 3.8) is 0 Å². The van der Waals surface area contributed by atoms with E-state index in [0.717, 1.165) is 12.8 Å². The van der Waals surface area contributed by atoms with Gasteiger partial charge >= 0.3 is 5.97 Å². The van der Waals surface area contributed by atoms with Crippen LogP contribution >= 0.6 is 0 Å². The minimum absolute atomic E-state index is 0.0110. The van der Waals surface area contributed by atoms with Crippen molar-refractivity contribution in [2.24, 2.45) is 4.99 Å². The highest BCUT2D eigenvalue weighted by Crippen LogP contribution is 2.17. The zero-order valence-corrected chi connectivity index (χ0v) is 21.0. The number of benzene rings is 1. The SMILES string of the molecule is CCOC(=O)c1cc2c(=O)n3ccccc3nc2n(CC2CCCO2)c1=NC(=O)CCOc1ccccc1. The fourth-order valence-corrected chi connectivity index (χ4v) is 4.47. The Kier molecular flexibility index (Phi) is 7.60. The molecule has 1 aromatic carbocycles. The topological polar surface area (TPSA) is 113 Å². The Morgan fingerprint density at radius 1 is 1.16 bits per heavy atom. The zero-order chi connectivity index (χ0) is 26.5. The molecule has 3 aromatic heterocycles. The molecule has 10 nitrogen and oxygen atoms in total. The normalized spacial score (nSPS) is 15.7. The number of fused-ring (bicyclic) bond motifs is 2. The third-order valence-corrected chi connectivity index (χ3v) is 6.25. The lowest BCUT2D eigenvalue weighted by atomic mass is 10.2. The maximum Gasteiger partial charge on any atom is 0.341 e. The molecule has 1 unspecified atom stereocenters. The molecule has 1 aliphatic heterocycles. The summed E-state index contributed by atoms with van der Waals surface area (Å²) in [7, 11) is 0. The highest BCUT2D eigenvalue weighted by molar-refractivity contribution is 5.93. The van der Waals surface area contributed by atoms with Crippen LogP contribution < -0.4 is 15.8 Å². The highest BCUT2D eigenvalue weighted by Gasteiger charge is 2.23. The standard InChI is InChI=1S/C28H28N4O6/c1-2-36-28(35)22-17-21-25(29-23-12-6-7-14-31(23)27(21)34)32(18-20-11-8-15-37-20)26(22)30-24(33)13-16-38-19-9-4-3-5-10-19/h3-7,9-10,12,14,17,20H,2,8,11,13,15-16,18H2,1H3. The zero-order valence-electron chi connectivity index (χ0n) is 21.0. The molecule has 0 aliphatic carbocycles. The molecule has 1 aliphatic rings. The van der Waals surface area contributed by atoms with Gasteiger partial charge in [0.15, 0.2) is 5.49 Å². The van der Waals surface area contributed by atoms with E-state index in [9.17, 15) is 14.4 Å². The van der Waals surface area contributed by atoms with Gasteiger partial charge in [0.2, 0.25) is 0 Å². The first-order valence-electron chi connectivity index (χ1n) is 12.6. The largest absolute Gasteiger partial charge is 0.493 e. The summed E-state index contributed by atoms with van der Waals surface area (Å²) >= 11 is 0. The van der Waals surface area contributed by atoms with Crippen LogP contribution in [0.5, 0.6) is 5.75 Å². The number of aromatic nitrogens is 3. The molecular formula is C28H28N4O6. The number of para-hydroxylation sites is 1. The predicted octanol–water partition coefficient (Wildman–Crippen LogP) is 2.90. The molecule has 5 rings (SSSR count). The van der Waals surface area contributed by atoms with Crippen molar-refractivity contribution in [2.45, 2.75) is 38.8 Å². The summed E-state index contributed by atoms with van der Waals surface area (Å²) in [6.45, 7) is 2.81. The molecule has 38 heavy (non-hydrogen) atoms. The molecule has 4 heterocycles. The van der Waals surface area contributed by atoms with E-state index in [-0.39, 0.29) is 54.3 Å². The molecule has 10 heteroatoms. The second-order valence-corrected chi connectivity index (χ2v) is 8.85. The van der Waals surface area contributed by atoms with E-state index in [2.05, 4.69) is 4.99 Å². The number of ether oxygens (including phenoxy) is 3. The maximum atomic E-state index is 13.4. The first kappa shape index (κ1) is 25.3. The molecule has 0 spiro atoms. The van der Waals surface area contributed by atoms with Crippen LogP contribution in [0.25, 0.3) is 16.7 Å². The van der Waals surface area contributed by atoms with Gasteiger partial charge in [0, 0.05) is 12.8 Å². The summed E-state index contributed by atoms with van der Waals surface area (Å²) in [5.74, 6) is -0.521. The number of hydrogen-bond acceptors (Lipinski definition) is 7.